The third-order valence-corrected chi connectivity index (χ3v) is 5.12. The van der Waals surface area contributed by atoms with Gasteiger partial charge < -0.3 is 10.0 Å². The molecule has 0 bridgehead atoms. The summed E-state index contributed by atoms with van der Waals surface area (Å²) in [7, 11) is 0. The first-order chi connectivity index (χ1) is 13.5. The number of hydrazone groups is 1. The van der Waals surface area contributed by atoms with Gasteiger partial charge in [-0.15, -0.1) is 5.75 Å². The Morgan fingerprint density at radius 1 is 1.11 bits per heavy atom. The van der Waals surface area contributed by atoms with Gasteiger partial charge in [0, 0.05) is 19.6 Å². The van der Waals surface area contributed by atoms with Crippen molar-refractivity contribution in [1.29, 1.82) is 0 Å². The summed E-state index contributed by atoms with van der Waals surface area (Å²) in [6.07, 6.45) is 0. The Kier molecular flexibility index (Phi) is 6.79. The van der Waals surface area contributed by atoms with E-state index in [1.54, 1.807) is 12.1 Å². The Morgan fingerprint density at radius 3 is 2.39 bits per heavy atom. The Hall–Kier alpha value is -2.70. The smallest absolute Gasteiger partial charge is 0.295 e. The number of rotatable bonds is 6. The maximum atomic E-state index is 12.2. The van der Waals surface area contributed by atoms with Crippen LogP contribution in [-0.2, 0) is 11.3 Å². The molecule has 1 saturated heterocycles. The molecule has 3 rings (SSSR count). The number of amides is 1. The molecule has 2 aromatic carbocycles. The Morgan fingerprint density at radius 2 is 1.75 bits per heavy atom. The van der Waals surface area contributed by atoms with E-state index < -0.39 is 0 Å². The second-order valence-electron chi connectivity index (χ2n) is 7.45. The molecule has 0 spiro atoms. The van der Waals surface area contributed by atoms with E-state index in [1.807, 2.05) is 6.92 Å². The molecule has 0 radical (unpaired) electrons. The normalized spacial score (nSPS) is 16.1. The first-order valence-electron chi connectivity index (χ1n) is 9.71. The van der Waals surface area contributed by atoms with Crippen LogP contribution in [0.25, 0.3) is 0 Å². The fourth-order valence-corrected chi connectivity index (χ4v) is 3.33. The third-order valence-electron chi connectivity index (χ3n) is 5.12. The quantitative estimate of drug-likeness (QED) is 0.560. The number of hydrogen-bond acceptors (Lipinski definition) is 4. The summed E-state index contributed by atoms with van der Waals surface area (Å²) < 4.78 is 0. The molecule has 0 aliphatic carbocycles. The van der Waals surface area contributed by atoms with Gasteiger partial charge in [-0.05, 0) is 25.0 Å². The number of carbonyl (C=O) groups excluding carboxylic acids is 1. The first-order valence-corrected chi connectivity index (χ1v) is 9.71. The van der Waals surface area contributed by atoms with Crippen LogP contribution in [0, 0.1) is 6.92 Å². The van der Waals surface area contributed by atoms with E-state index in [0.717, 1.165) is 38.3 Å². The van der Waals surface area contributed by atoms with Crippen molar-refractivity contribution in [2.45, 2.75) is 20.4 Å². The van der Waals surface area contributed by atoms with E-state index >= 15 is 0 Å². The standard InChI is InChI=1S/C22H28N4O2/c1-17-3-5-19(6-4-17)15-25-11-13-26(14-12-25)16-22(28)24-23-18(2)20-7-9-21(27)10-8-20/h3-10,27H,11-16H2,1-2H3,(H,24,28). The van der Waals surface area contributed by atoms with Crippen LogP contribution >= 0.6 is 0 Å². The van der Waals surface area contributed by atoms with Gasteiger partial charge in [0.2, 0.25) is 0 Å². The molecule has 1 fully saturated rings. The SMILES string of the molecule is CC(=NNC(=O)C[NH+]1CCN(Cc2ccc(C)cc2)CC1)c1ccc([O-])cc1. The number of nitrogens with one attached hydrogen (secondary N) is 2. The van der Waals surface area contributed by atoms with Crippen molar-refractivity contribution < 1.29 is 14.8 Å². The molecular formula is C22H28N4O2. The van der Waals surface area contributed by atoms with Crippen molar-refractivity contribution in [3.05, 3.63) is 65.2 Å². The molecule has 1 aliphatic heterocycles. The van der Waals surface area contributed by atoms with E-state index in [9.17, 15) is 9.90 Å². The lowest BCUT2D eigenvalue weighted by Crippen LogP contribution is -3.15. The van der Waals surface area contributed by atoms with Gasteiger partial charge in [-0.1, -0.05) is 54.1 Å². The molecule has 2 aromatic rings. The first kappa shape index (κ1) is 20.0. The Balaban J connectivity index is 1.41. The second-order valence-corrected chi connectivity index (χ2v) is 7.45. The number of hydrogen-bond donors (Lipinski definition) is 2. The molecule has 1 aliphatic rings. The van der Waals surface area contributed by atoms with Gasteiger partial charge in [0.1, 0.15) is 0 Å². The number of benzene rings is 2. The fourth-order valence-electron chi connectivity index (χ4n) is 3.33. The molecule has 0 aromatic heterocycles. The third kappa shape index (κ3) is 5.90. The van der Waals surface area contributed by atoms with Crippen LogP contribution in [0.3, 0.4) is 0 Å². The summed E-state index contributed by atoms with van der Waals surface area (Å²) in [5.41, 5.74) is 6.77. The highest BCUT2D eigenvalue weighted by Gasteiger charge is 2.22. The van der Waals surface area contributed by atoms with Gasteiger partial charge in [-0.25, -0.2) is 5.43 Å². The minimum absolute atomic E-state index is 0.0364. The summed E-state index contributed by atoms with van der Waals surface area (Å²) in [6, 6.07) is 15.1. The number of piperazine rings is 1. The predicted octanol–water partition coefficient (Wildman–Crippen LogP) is 0.310. The van der Waals surface area contributed by atoms with Crippen LogP contribution in [0.4, 0.5) is 0 Å². The fraction of sp³-hybridized carbons (Fsp3) is 0.364. The predicted molar refractivity (Wildman–Crippen MR) is 108 cm³/mol. The van der Waals surface area contributed by atoms with Crippen LogP contribution < -0.4 is 15.4 Å². The molecule has 6 heteroatoms. The molecule has 0 saturated carbocycles. The summed E-state index contributed by atoms with van der Waals surface area (Å²) in [6.45, 7) is 9.18. The Bertz CT molecular complexity index is 807. The topological polar surface area (TPSA) is 72.2 Å². The van der Waals surface area contributed by atoms with Crippen LogP contribution in [-0.4, -0.2) is 49.2 Å². The van der Waals surface area contributed by atoms with Gasteiger partial charge in [0.15, 0.2) is 6.54 Å². The van der Waals surface area contributed by atoms with E-state index in [4.69, 9.17) is 0 Å². The van der Waals surface area contributed by atoms with Crippen molar-refractivity contribution in [2.75, 3.05) is 32.7 Å². The molecule has 0 unspecified atom stereocenters. The van der Waals surface area contributed by atoms with Crippen molar-refractivity contribution in [3.63, 3.8) is 0 Å². The van der Waals surface area contributed by atoms with Gasteiger partial charge in [-0.2, -0.15) is 5.10 Å². The van der Waals surface area contributed by atoms with Crippen LogP contribution in [0.5, 0.6) is 5.75 Å². The lowest BCUT2D eigenvalue weighted by Gasteiger charge is -2.31. The molecule has 6 nitrogen and oxygen atoms in total. The molecule has 1 heterocycles. The second kappa shape index (κ2) is 9.48. The monoisotopic (exact) mass is 380 g/mol. The lowest BCUT2D eigenvalue weighted by molar-refractivity contribution is -0.896. The van der Waals surface area contributed by atoms with Crippen molar-refractivity contribution >= 4 is 11.6 Å². The van der Waals surface area contributed by atoms with E-state index in [-0.39, 0.29) is 11.7 Å². The highest BCUT2D eigenvalue weighted by molar-refractivity contribution is 5.99. The number of nitrogens with zero attached hydrogens (tertiary/aromatic N) is 2. The van der Waals surface area contributed by atoms with Crippen molar-refractivity contribution in [1.82, 2.24) is 10.3 Å². The Labute approximate surface area is 166 Å². The highest BCUT2D eigenvalue weighted by Crippen LogP contribution is 2.08. The molecular weight excluding hydrogens is 352 g/mol. The molecule has 1 amide bonds. The van der Waals surface area contributed by atoms with E-state index in [2.05, 4.69) is 46.6 Å². The molecule has 148 valence electrons. The maximum Gasteiger partial charge on any atom is 0.295 e. The van der Waals surface area contributed by atoms with Crippen LogP contribution in [0.15, 0.2) is 53.6 Å². The van der Waals surface area contributed by atoms with Gasteiger partial charge >= 0.3 is 0 Å². The zero-order valence-corrected chi connectivity index (χ0v) is 16.6. The van der Waals surface area contributed by atoms with Gasteiger partial charge in [0.25, 0.3) is 5.91 Å². The summed E-state index contributed by atoms with van der Waals surface area (Å²) >= 11 is 0. The number of quaternary nitrogens is 1. The number of carbonyl (C=O) groups is 1. The van der Waals surface area contributed by atoms with Crippen molar-refractivity contribution in [2.24, 2.45) is 5.10 Å². The maximum absolute atomic E-state index is 12.2. The van der Waals surface area contributed by atoms with Crippen LogP contribution in [0.1, 0.15) is 23.6 Å². The summed E-state index contributed by atoms with van der Waals surface area (Å²) in [5.74, 6) is -0.118. The minimum Gasteiger partial charge on any atom is -0.872 e. The van der Waals surface area contributed by atoms with Gasteiger partial charge in [0.05, 0.1) is 18.8 Å². The highest BCUT2D eigenvalue weighted by atomic mass is 16.3. The zero-order valence-electron chi connectivity index (χ0n) is 16.6. The zero-order chi connectivity index (χ0) is 19.9. The number of aryl methyl sites for hydroxylation is 1. The van der Waals surface area contributed by atoms with E-state index in [0.29, 0.717) is 12.3 Å². The largest absolute Gasteiger partial charge is 0.872 e. The lowest BCUT2D eigenvalue weighted by atomic mass is 10.1. The average molecular weight is 380 g/mol. The molecule has 28 heavy (non-hydrogen) atoms. The van der Waals surface area contributed by atoms with Crippen molar-refractivity contribution in [3.8, 4) is 5.75 Å². The van der Waals surface area contributed by atoms with Crippen LogP contribution in [0.2, 0.25) is 0 Å². The van der Waals surface area contributed by atoms with Gasteiger partial charge in [-0.3, -0.25) is 9.69 Å². The summed E-state index contributed by atoms with van der Waals surface area (Å²) in [5, 5.41) is 15.3. The molecule has 2 N–H and O–H groups in total. The van der Waals surface area contributed by atoms with E-state index in [1.165, 1.54) is 28.2 Å². The average Bonchev–Trinajstić information content (AvgIpc) is 2.70. The minimum atomic E-state index is -0.0817. The molecule has 0 atom stereocenters. The summed E-state index contributed by atoms with van der Waals surface area (Å²) in [4.78, 5) is 15.9.